The number of allylic oxidation sites excluding steroid dienone is 1. The Balaban J connectivity index is 1.76. The Bertz CT molecular complexity index is 1020. The Morgan fingerprint density at radius 2 is 2.07 bits per heavy atom. The summed E-state index contributed by atoms with van der Waals surface area (Å²) in [6, 6.07) is 12.9. The quantitative estimate of drug-likeness (QED) is 0.422. The fraction of sp³-hybridized carbons (Fsp3) is 0.182. The van der Waals surface area contributed by atoms with Crippen LogP contribution in [0, 0.1) is 6.92 Å². The monoisotopic (exact) mass is 396 g/mol. The maximum absolute atomic E-state index is 12.4. The van der Waals surface area contributed by atoms with Crippen molar-refractivity contribution in [2.75, 3.05) is 7.11 Å². The molecule has 2 aromatic carbocycles. The van der Waals surface area contributed by atoms with Gasteiger partial charge in [0.15, 0.2) is 5.78 Å². The van der Waals surface area contributed by atoms with Crippen molar-refractivity contribution in [1.82, 2.24) is 9.78 Å². The maximum atomic E-state index is 12.4. The summed E-state index contributed by atoms with van der Waals surface area (Å²) < 4.78 is 12.9. The minimum atomic E-state index is -0.0851. The lowest BCUT2D eigenvalue weighted by atomic mass is 10.1. The summed E-state index contributed by atoms with van der Waals surface area (Å²) in [5.41, 5.74) is 3.05. The first-order valence-electron chi connectivity index (χ1n) is 8.74. The summed E-state index contributed by atoms with van der Waals surface area (Å²) in [4.78, 5) is 12.4. The van der Waals surface area contributed by atoms with Crippen molar-refractivity contribution in [3.8, 4) is 11.5 Å². The predicted octanol–water partition coefficient (Wildman–Crippen LogP) is 4.87. The predicted molar refractivity (Wildman–Crippen MR) is 110 cm³/mol. The molecule has 0 N–H and O–H groups in total. The molecule has 3 rings (SSSR count). The van der Waals surface area contributed by atoms with Crippen LogP contribution in [0.2, 0.25) is 5.02 Å². The number of aryl methyl sites for hydroxylation is 2. The van der Waals surface area contributed by atoms with E-state index in [9.17, 15) is 4.79 Å². The van der Waals surface area contributed by atoms with Gasteiger partial charge < -0.3 is 9.47 Å². The number of carbonyl (C=O) groups is 1. The summed E-state index contributed by atoms with van der Waals surface area (Å²) in [5, 5.41) is 4.82. The second-order valence-corrected chi connectivity index (χ2v) is 6.75. The Kier molecular flexibility index (Phi) is 6.16. The fourth-order valence-corrected chi connectivity index (χ4v) is 3.02. The molecule has 0 aliphatic heterocycles. The third kappa shape index (κ3) is 4.81. The lowest BCUT2D eigenvalue weighted by Crippen LogP contribution is -1.99. The molecule has 6 heteroatoms. The number of ether oxygens (including phenoxy) is 2. The van der Waals surface area contributed by atoms with E-state index >= 15 is 0 Å². The average Bonchev–Trinajstić information content (AvgIpc) is 3.02. The van der Waals surface area contributed by atoms with Gasteiger partial charge in [-0.25, -0.2) is 0 Å². The molecule has 0 amide bonds. The van der Waals surface area contributed by atoms with Gasteiger partial charge in [0.25, 0.3) is 0 Å². The van der Waals surface area contributed by atoms with Crippen molar-refractivity contribution in [3.63, 3.8) is 0 Å². The third-order valence-electron chi connectivity index (χ3n) is 4.20. The van der Waals surface area contributed by atoms with E-state index in [2.05, 4.69) is 5.10 Å². The first kappa shape index (κ1) is 19.7. The lowest BCUT2D eigenvalue weighted by Gasteiger charge is -2.11. The zero-order chi connectivity index (χ0) is 20.1. The largest absolute Gasteiger partial charge is 0.496 e. The van der Waals surface area contributed by atoms with E-state index in [1.54, 1.807) is 49.3 Å². The number of hydrogen-bond donors (Lipinski definition) is 0. The lowest BCUT2D eigenvalue weighted by molar-refractivity contribution is 0.104. The van der Waals surface area contributed by atoms with Crippen molar-refractivity contribution in [2.24, 2.45) is 7.05 Å². The number of hydrogen-bond acceptors (Lipinski definition) is 4. The molecule has 0 atom stereocenters. The summed E-state index contributed by atoms with van der Waals surface area (Å²) in [5.74, 6) is 1.31. The van der Waals surface area contributed by atoms with Gasteiger partial charge >= 0.3 is 0 Å². The van der Waals surface area contributed by atoms with Crippen LogP contribution in [0.15, 0.2) is 54.7 Å². The van der Waals surface area contributed by atoms with Crippen LogP contribution in [-0.2, 0) is 13.7 Å². The first-order chi connectivity index (χ1) is 13.5. The van der Waals surface area contributed by atoms with Gasteiger partial charge in [0.05, 0.1) is 18.4 Å². The van der Waals surface area contributed by atoms with E-state index < -0.39 is 0 Å². The van der Waals surface area contributed by atoms with Gasteiger partial charge in [0.1, 0.15) is 18.1 Å². The van der Waals surface area contributed by atoms with Crippen LogP contribution in [0.1, 0.15) is 27.2 Å². The van der Waals surface area contributed by atoms with Crippen LogP contribution in [0.3, 0.4) is 0 Å². The number of methoxy groups -OCH3 is 1. The van der Waals surface area contributed by atoms with E-state index in [4.69, 9.17) is 21.1 Å². The van der Waals surface area contributed by atoms with Crippen LogP contribution < -0.4 is 9.47 Å². The van der Waals surface area contributed by atoms with Crippen molar-refractivity contribution in [3.05, 3.63) is 82.1 Å². The van der Waals surface area contributed by atoms with Crippen molar-refractivity contribution >= 4 is 23.5 Å². The van der Waals surface area contributed by atoms with E-state index in [1.807, 2.05) is 37.3 Å². The maximum Gasteiger partial charge on any atom is 0.189 e. The highest BCUT2D eigenvalue weighted by molar-refractivity contribution is 6.30. The average molecular weight is 397 g/mol. The zero-order valence-corrected chi connectivity index (χ0v) is 16.7. The third-order valence-corrected chi connectivity index (χ3v) is 4.44. The van der Waals surface area contributed by atoms with Gasteiger partial charge in [-0.3, -0.25) is 9.48 Å². The molecule has 28 heavy (non-hydrogen) atoms. The van der Waals surface area contributed by atoms with Gasteiger partial charge in [-0.05, 0) is 48.9 Å². The van der Waals surface area contributed by atoms with Gasteiger partial charge in [-0.15, -0.1) is 0 Å². The minimum Gasteiger partial charge on any atom is -0.496 e. The molecule has 0 bridgehead atoms. The molecular weight excluding hydrogens is 376 g/mol. The molecule has 0 saturated carbocycles. The first-order valence-corrected chi connectivity index (χ1v) is 9.12. The second kappa shape index (κ2) is 8.76. The molecule has 0 spiro atoms. The van der Waals surface area contributed by atoms with Gasteiger partial charge in [-0.1, -0.05) is 29.8 Å². The van der Waals surface area contributed by atoms with Gasteiger partial charge in [-0.2, -0.15) is 5.10 Å². The molecule has 5 nitrogen and oxygen atoms in total. The van der Waals surface area contributed by atoms with E-state index in [1.165, 1.54) is 0 Å². The number of rotatable bonds is 7. The van der Waals surface area contributed by atoms with Crippen LogP contribution in [-0.4, -0.2) is 22.7 Å². The van der Waals surface area contributed by atoms with E-state index in [0.717, 1.165) is 11.1 Å². The number of nitrogens with zero attached hydrogens (tertiary/aromatic N) is 2. The highest BCUT2D eigenvalue weighted by Crippen LogP contribution is 2.24. The molecule has 0 saturated heterocycles. The fourth-order valence-electron chi connectivity index (χ4n) is 2.84. The Morgan fingerprint density at radius 3 is 2.75 bits per heavy atom. The van der Waals surface area contributed by atoms with Crippen molar-refractivity contribution in [1.29, 1.82) is 0 Å². The SMILES string of the molecule is COc1ccc(/C=C/C(=O)c2cn(C)nc2C)cc1COc1cccc(Cl)c1. The molecule has 144 valence electrons. The molecule has 0 aliphatic rings. The molecule has 1 aromatic heterocycles. The molecule has 1 heterocycles. The van der Waals surface area contributed by atoms with E-state index in [0.29, 0.717) is 34.4 Å². The summed E-state index contributed by atoms with van der Waals surface area (Å²) in [6.45, 7) is 2.14. The zero-order valence-electron chi connectivity index (χ0n) is 16.0. The number of ketones is 1. The normalized spacial score (nSPS) is 11.0. The van der Waals surface area contributed by atoms with Crippen molar-refractivity contribution in [2.45, 2.75) is 13.5 Å². The minimum absolute atomic E-state index is 0.0851. The van der Waals surface area contributed by atoms with E-state index in [-0.39, 0.29) is 5.78 Å². The van der Waals surface area contributed by atoms with Gasteiger partial charge in [0.2, 0.25) is 0 Å². The molecule has 0 radical (unpaired) electrons. The summed E-state index contributed by atoms with van der Waals surface area (Å²) in [6.07, 6.45) is 5.05. The van der Waals surface area contributed by atoms with Crippen molar-refractivity contribution < 1.29 is 14.3 Å². The van der Waals surface area contributed by atoms with Gasteiger partial charge in [0, 0.05) is 23.8 Å². The Labute approximate surface area is 169 Å². The Hall–Kier alpha value is -3.05. The highest BCUT2D eigenvalue weighted by Gasteiger charge is 2.10. The number of aromatic nitrogens is 2. The van der Waals surface area contributed by atoms with Crippen LogP contribution in [0.5, 0.6) is 11.5 Å². The number of halogens is 1. The molecular formula is C22H21ClN2O3. The Morgan fingerprint density at radius 1 is 1.25 bits per heavy atom. The molecule has 3 aromatic rings. The number of carbonyl (C=O) groups excluding carboxylic acids is 1. The highest BCUT2D eigenvalue weighted by atomic mass is 35.5. The molecule has 0 fully saturated rings. The smallest absolute Gasteiger partial charge is 0.189 e. The number of benzene rings is 2. The summed E-state index contributed by atoms with van der Waals surface area (Å²) in [7, 11) is 3.41. The second-order valence-electron chi connectivity index (χ2n) is 6.32. The van der Waals surface area contributed by atoms with Crippen LogP contribution in [0.4, 0.5) is 0 Å². The summed E-state index contributed by atoms with van der Waals surface area (Å²) >= 11 is 5.99. The molecule has 0 unspecified atom stereocenters. The van der Waals surface area contributed by atoms with Crippen LogP contribution in [0.25, 0.3) is 6.08 Å². The molecule has 0 aliphatic carbocycles. The standard InChI is InChI=1S/C22H21ClN2O3/c1-15-20(13-25(2)24-15)21(26)9-7-16-8-10-22(27-3)17(11-16)14-28-19-6-4-5-18(23)12-19/h4-13H,14H2,1-3H3/b9-7+. The van der Waals surface area contributed by atoms with Crippen LogP contribution >= 0.6 is 11.6 Å². The topological polar surface area (TPSA) is 53.4 Å².